The van der Waals surface area contributed by atoms with Crippen molar-refractivity contribution in [3.63, 3.8) is 0 Å². The standard InChI is InChI=1S/C11H20N4O/c1-8(10(16)14-11(2,3)4)12-7-9-5-6-13-15-9/h5-6,8,12H,7H2,1-4H3,(H,13,15)(H,14,16). The van der Waals surface area contributed by atoms with E-state index in [0.29, 0.717) is 6.54 Å². The Balaban J connectivity index is 2.35. The smallest absolute Gasteiger partial charge is 0.237 e. The van der Waals surface area contributed by atoms with Gasteiger partial charge in [-0.05, 0) is 33.8 Å². The van der Waals surface area contributed by atoms with Crippen molar-refractivity contribution in [3.05, 3.63) is 18.0 Å². The monoisotopic (exact) mass is 224 g/mol. The Morgan fingerprint density at radius 3 is 2.75 bits per heavy atom. The summed E-state index contributed by atoms with van der Waals surface area (Å²) in [7, 11) is 0. The van der Waals surface area contributed by atoms with Crippen LogP contribution < -0.4 is 10.6 Å². The zero-order valence-electron chi connectivity index (χ0n) is 10.3. The van der Waals surface area contributed by atoms with Crippen LogP contribution in [0.1, 0.15) is 33.4 Å². The Kier molecular flexibility index (Phi) is 4.06. The van der Waals surface area contributed by atoms with E-state index >= 15 is 0 Å². The normalized spacial score (nSPS) is 13.5. The van der Waals surface area contributed by atoms with Crippen LogP contribution in [0.25, 0.3) is 0 Å². The second kappa shape index (κ2) is 5.12. The SMILES string of the molecule is CC(NCc1ccn[nH]1)C(=O)NC(C)(C)C. The van der Waals surface area contributed by atoms with Crippen LogP contribution in [-0.2, 0) is 11.3 Å². The Labute approximate surface area is 96.0 Å². The Morgan fingerprint density at radius 1 is 1.56 bits per heavy atom. The lowest BCUT2D eigenvalue weighted by Gasteiger charge is -2.23. The van der Waals surface area contributed by atoms with Gasteiger partial charge in [0.2, 0.25) is 5.91 Å². The highest BCUT2D eigenvalue weighted by Gasteiger charge is 2.18. The van der Waals surface area contributed by atoms with Gasteiger partial charge in [0.05, 0.1) is 6.04 Å². The van der Waals surface area contributed by atoms with Crippen LogP contribution in [0.3, 0.4) is 0 Å². The lowest BCUT2D eigenvalue weighted by atomic mass is 10.1. The summed E-state index contributed by atoms with van der Waals surface area (Å²) in [5.74, 6) is 0.00650. The molecule has 0 bridgehead atoms. The van der Waals surface area contributed by atoms with E-state index in [9.17, 15) is 4.79 Å². The molecule has 5 heteroatoms. The van der Waals surface area contributed by atoms with E-state index in [2.05, 4.69) is 20.8 Å². The number of aromatic nitrogens is 2. The third-order valence-electron chi connectivity index (χ3n) is 2.05. The molecular weight excluding hydrogens is 204 g/mol. The van der Waals surface area contributed by atoms with Gasteiger partial charge in [-0.1, -0.05) is 0 Å². The average Bonchev–Trinajstić information content (AvgIpc) is 2.63. The highest BCUT2D eigenvalue weighted by Crippen LogP contribution is 2.00. The molecule has 5 nitrogen and oxygen atoms in total. The number of carbonyl (C=O) groups is 1. The fourth-order valence-corrected chi connectivity index (χ4v) is 1.22. The fourth-order valence-electron chi connectivity index (χ4n) is 1.22. The molecule has 1 aromatic rings. The fraction of sp³-hybridized carbons (Fsp3) is 0.636. The summed E-state index contributed by atoms with van der Waals surface area (Å²) < 4.78 is 0. The molecule has 1 atom stereocenters. The van der Waals surface area contributed by atoms with E-state index in [1.54, 1.807) is 6.20 Å². The van der Waals surface area contributed by atoms with E-state index in [-0.39, 0.29) is 17.5 Å². The lowest BCUT2D eigenvalue weighted by molar-refractivity contribution is -0.124. The highest BCUT2D eigenvalue weighted by molar-refractivity contribution is 5.81. The van der Waals surface area contributed by atoms with Gasteiger partial charge in [0.15, 0.2) is 0 Å². The molecule has 1 rings (SSSR count). The quantitative estimate of drug-likeness (QED) is 0.708. The minimum absolute atomic E-state index is 0.00650. The third kappa shape index (κ3) is 4.44. The minimum Gasteiger partial charge on any atom is -0.350 e. The number of nitrogens with zero attached hydrogens (tertiary/aromatic N) is 1. The molecule has 90 valence electrons. The molecule has 0 saturated carbocycles. The molecule has 0 aromatic carbocycles. The Hall–Kier alpha value is -1.36. The average molecular weight is 224 g/mol. The molecule has 1 amide bonds. The van der Waals surface area contributed by atoms with Crippen LogP contribution in [0, 0.1) is 0 Å². The zero-order valence-corrected chi connectivity index (χ0v) is 10.3. The van der Waals surface area contributed by atoms with Crippen molar-refractivity contribution in [1.29, 1.82) is 0 Å². The van der Waals surface area contributed by atoms with Gasteiger partial charge in [-0.3, -0.25) is 9.89 Å². The van der Waals surface area contributed by atoms with Crippen molar-refractivity contribution in [3.8, 4) is 0 Å². The summed E-state index contributed by atoms with van der Waals surface area (Å²) in [6.07, 6.45) is 1.69. The zero-order chi connectivity index (χ0) is 12.2. The van der Waals surface area contributed by atoms with E-state index in [1.165, 1.54) is 0 Å². The molecule has 1 unspecified atom stereocenters. The van der Waals surface area contributed by atoms with Gasteiger partial charge >= 0.3 is 0 Å². The predicted octanol–water partition coefficient (Wildman–Crippen LogP) is 0.802. The summed E-state index contributed by atoms with van der Waals surface area (Å²) in [5.41, 5.74) is 0.775. The van der Waals surface area contributed by atoms with Gasteiger partial charge in [0.1, 0.15) is 0 Å². The first-order valence-corrected chi connectivity index (χ1v) is 5.42. The molecule has 3 N–H and O–H groups in total. The van der Waals surface area contributed by atoms with E-state index < -0.39 is 0 Å². The Morgan fingerprint density at radius 2 is 2.25 bits per heavy atom. The van der Waals surface area contributed by atoms with Gasteiger partial charge in [-0.2, -0.15) is 5.10 Å². The lowest BCUT2D eigenvalue weighted by Crippen LogP contribution is -2.49. The van der Waals surface area contributed by atoms with Crippen molar-refractivity contribution in [2.45, 2.75) is 45.8 Å². The summed E-state index contributed by atoms with van der Waals surface area (Å²) in [6.45, 7) is 8.35. The number of H-pyrrole nitrogens is 1. The maximum Gasteiger partial charge on any atom is 0.237 e. The van der Waals surface area contributed by atoms with E-state index in [1.807, 2.05) is 33.8 Å². The molecule has 0 aliphatic rings. The number of nitrogens with one attached hydrogen (secondary N) is 3. The molecule has 0 aliphatic carbocycles. The Bertz CT molecular complexity index is 326. The van der Waals surface area contributed by atoms with Gasteiger partial charge < -0.3 is 10.6 Å². The highest BCUT2D eigenvalue weighted by atomic mass is 16.2. The van der Waals surface area contributed by atoms with Crippen molar-refractivity contribution in [2.24, 2.45) is 0 Å². The number of hydrogen-bond donors (Lipinski definition) is 3. The number of amides is 1. The van der Waals surface area contributed by atoms with Crippen LogP contribution >= 0.6 is 0 Å². The maximum atomic E-state index is 11.7. The summed E-state index contributed by atoms with van der Waals surface area (Å²) >= 11 is 0. The third-order valence-corrected chi connectivity index (χ3v) is 2.05. The first-order valence-electron chi connectivity index (χ1n) is 5.42. The van der Waals surface area contributed by atoms with Gasteiger partial charge in [0.25, 0.3) is 0 Å². The molecular formula is C11H20N4O. The summed E-state index contributed by atoms with van der Waals surface area (Å²) in [5, 5.41) is 12.7. The topological polar surface area (TPSA) is 69.8 Å². The minimum atomic E-state index is -0.220. The van der Waals surface area contributed by atoms with Crippen LogP contribution in [0.5, 0.6) is 0 Å². The van der Waals surface area contributed by atoms with Crippen LogP contribution in [0.4, 0.5) is 0 Å². The second-order valence-electron chi connectivity index (χ2n) is 4.92. The largest absolute Gasteiger partial charge is 0.350 e. The second-order valence-corrected chi connectivity index (χ2v) is 4.92. The predicted molar refractivity (Wildman–Crippen MR) is 62.8 cm³/mol. The van der Waals surface area contributed by atoms with Gasteiger partial charge in [-0.15, -0.1) is 0 Å². The molecule has 16 heavy (non-hydrogen) atoms. The number of hydrogen-bond acceptors (Lipinski definition) is 3. The maximum absolute atomic E-state index is 11.7. The first kappa shape index (κ1) is 12.7. The molecule has 1 heterocycles. The van der Waals surface area contributed by atoms with Crippen molar-refractivity contribution >= 4 is 5.91 Å². The van der Waals surface area contributed by atoms with E-state index in [0.717, 1.165) is 5.69 Å². The van der Waals surface area contributed by atoms with Crippen LogP contribution in [-0.4, -0.2) is 27.7 Å². The number of aromatic amines is 1. The molecule has 0 saturated heterocycles. The van der Waals surface area contributed by atoms with Gasteiger partial charge in [0, 0.05) is 24.0 Å². The molecule has 0 spiro atoms. The molecule has 0 radical (unpaired) electrons. The summed E-state index contributed by atoms with van der Waals surface area (Å²) in [4.78, 5) is 11.7. The van der Waals surface area contributed by atoms with Gasteiger partial charge in [-0.25, -0.2) is 0 Å². The van der Waals surface area contributed by atoms with E-state index in [4.69, 9.17) is 0 Å². The molecule has 1 aromatic heterocycles. The van der Waals surface area contributed by atoms with Crippen molar-refractivity contribution in [1.82, 2.24) is 20.8 Å². The van der Waals surface area contributed by atoms with Crippen molar-refractivity contribution in [2.75, 3.05) is 0 Å². The van der Waals surface area contributed by atoms with Crippen molar-refractivity contribution < 1.29 is 4.79 Å². The number of rotatable bonds is 4. The number of carbonyl (C=O) groups excluding carboxylic acids is 1. The van der Waals surface area contributed by atoms with Crippen LogP contribution in [0.15, 0.2) is 12.3 Å². The van der Waals surface area contributed by atoms with Crippen LogP contribution in [0.2, 0.25) is 0 Å². The summed E-state index contributed by atoms with van der Waals surface area (Å²) in [6, 6.07) is 1.66. The molecule has 0 aliphatic heterocycles. The first-order chi connectivity index (χ1) is 7.38. The molecule has 0 fully saturated rings.